The fraction of sp³-hybridized carbons (Fsp3) is 0.462. The topological polar surface area (TPSA) is 75.3 Å². The molecule has 0 aromatic heterocycles. The maximum absolute atomic E-state index is 11.1. The molecule has 17 heavy (non-hydrogen) atoms. The first-order valence-electron chi connectivity index (χ1n) is 5.95. The number of carbonyl (C=O) groups is 1. The molecule has 0 aliphatic heterocycles. The number of aromatic hydroxyl groups is 1. The Kier molecular flexibility index (Phi) is 3.33. The van der Waals surface area contributed by atoms with Crippen LogP contribution in [0.5, 0.6) is 5.75 Å². The van der Waals surface area contributed by atoms with E-state index in [-0.39, 0.29) is 23.7 Å². The fourth-order valence-corrected chi connectivity index (χ4v) is 2.34. The van der Waals surface area contributed by atoms with Crippen molar-refractivity contribution in [1.29, 1.82) is 0 Å². The Morgan fingerprint density at radius 3 is 3.06 bits per heavy atom. The van der Waals surface area contributed by atoms with Crippen LogP contribution < -0.4 is 11.1 Å². The molecular weight excluding hydrogens is 216 g/mol. The molecule has 4 nitrogen and oxygen atoms in total. The van der Waals surface area contributed by atoms with Gasteiger partial charge in [0, 0.05) is 6.04 Å². The molecule has 0 saturated heterocycles. The second-order valence-electron chi connectivity index (χ2n) is 4.62. The second-order valence-corrected chi connectivity index (χ2v) is 4.62. The first-order chi connectivity index (χ1) is 8.08. The predicted molar refractivity (Wildman–Crippen MR) is 65.6 cm³/mol. The lowest BCUT2D eigenvalue weighted by molar-refractivity contribution is -0.119. The molecule has 1 aliphatic carbocycles. The molecule has 1 aromatic rings. The van der Waals surface area contributed by atoms with Crippen molar-refractivity contribution in [3.8, 4) is 5.75 Å². The fourth-order valence-electron chi connectivity index (χ4n) is 2.34. The van der Waals surface area contributed by atoms with Gasteiger partial charge in [0.05, 0.1) is 6.04 Å². The number of amides is 1. The number of phenolic OH excluding ortho intramolecular Hbond substituents is 1. The zero-order valence-electron chi connectivity index (χ0n) is 9.94. The highest BCUT2D eigenvalue weighted by Crippen LogP contribution is 2.32. The number of nitrogens with two attached hydrogens (primary N) is 1. The van der Waals surface area contributed by atoms with Gasteiger partial charge in [0.2, 0.25) is 5.91 Å². The third-order valence-electron chi connectivity index (χ3n) is 3.32. The van der Waals surface area contributed by atoms with Gasteiger partial charge in [0.25, 0.3) is 0 Å². The number of benzene rings is 1. The van der Waals surface area contributed by atoms with Gasteiger partial charge in [0.15, 0.2) is 0 Å². The minimum Gasteiger partial charge on any atom is -0.508 e. The van der Waals surface area contributed by atoms with Gasteiger partial charge in [-0.1, -0.05) is 6.07 Å². The van der Waals surface area contributed by atoms with Crippen molar-refractivity contribution in [2.24, 2.45) is 5.73 Å². The smallest absolute Gasteiger partial charge is 0.234 e. The number of nitrogens with one attached hydrogen (secondary N) is 1. The molecule has 0 fully saturated rings. The highest BCUT2D eigenvalue weighted by atomic mass is 16.3. The molecule has 0 spiro atoms. The lowest BCUT2D eigenvalue weighted by atomic mass is 9.87. The van der Waals surface area contributed by atoms with Crippen LogP contribution in [0.3, 0.4) is 0 Å². The van der Waals surface area contributed by atoms with Crippen LogP contribution in [-0.4, -0.2) is 17.1 Å². The molecule has 92 valence electrons. The zero-order chi connectivity index (χ0) is 12.4. The molecule has 2 unspecified atom stereocenters. The van der Waals surface area contributed by atoms with Crippen molar-refractivity contribution < 1.29 is 9.90 Å². The third-order valence-corrected chi connectivity index (χ3v) is 3.32. The summed E-state index contributed by atoms with van der Waals surface area (Å²) in [4.78, 5) is 11.1. The van der Waals surface area contributed by atoms with Crippen LogP contribution in [0.1, 0.15) is 36.9 Å². The van der Waals surface area contributed by atoms with Crippen LogP contribution in [-0.2, 0) is 11.2 Å². The van der Waals surface area contributed by atoms with Crippen LogP contribution in [0.15, 0.2) is 18.2 Å². The third kappa shape index (κ3) is 2.58. The van der Waals surface area contributed by atoms with E-state index in [9.17, 15) is 9.90 Å². The number of carbonyl (C=O) groups excluding carboxylic acids is 1. The first kappa shape index (κ1) is 11.9. The van der Waals surface area contributed by atoms with E-state index >= 15 is 0 Å². The molecule has 1 aromatic carbocycles. The van der Waals surface area contributed by atoms with E-state index in [1.807, 2.05) is 6.07 Å². The monoisotopic (exact) mass is 234 g/mol. The van der Waals surface area contributed by atoms with Crippen LogP contribution in [0.2, 0.25) is 0 Å². The summed E-state index contributed by atoms with van der Waals surface area (Å²) >= 11 is 0. The Morgan fingerprint density at radius 2 is 2.35 bits per heavy atom. The van der Waals surface area contributed by atoms with Crippen molar-refractivity contribution in [3.05, 3.63) is 29.3 Å². The Bertz CT molecular complexity index is 431. The molecule has 0 heterocycles. The second kappa shape index (κ2) is 4.75. The SMILES string of the molecule is CC(NC1CCCc2ccc(O)cc21)C(N)=O. The lowest BCUT2D eigenvalue weighted by Gasteiger charge is -2.28. The van der Waals surface area contributed by atoms with Crippen molar-refractivity contribution in [2.45, 2.75) is 38.3 Å². The molecule has 2 atom stereocenters. The van der Waals surface area contributed by atoms with Crippen LogP contribution >= 0.6 is 0 Å². The molecule has 4 heteroatoms. The van der Waals surface area contributed by atoms with Gasteiger partial charge < -0.3 is 10.8 Å². The van der Waals surface area contributed by atoms with Gasteiger partial charge in [-0.2, -0.15) is 0 Å². The highest BCUT2D eigenvalue weighted by Gasteiger charge is 2.23. The molecule has 0 bridgehead atoms. The van der Waals surface area contributed by atoms with E-state index in [1.165, 1.54) is 5.56 Å². The number of fused-ring (bicyclic) bond motifs is 1. The quantitative estimate of drug-likeness (QED) is 0.736. The molecule has 1 amide bonds. The van der Waals surface area contributed by atoms with Gasteiger partial charge in [-0.05, 0) is 49.4 Å². The Morgan fingerprint density at radius 1 is 1.59 bits per heavy atom. The Balaban J connectivity index is 2.22. The first-order valence-corrected chi connectivity index (χ1v) is 5.95. The predicted octanol–water partition coefficient (Wildman–Crippen LogP) is 1.23. The highest BCUT2D eigenvalue weighted by molar-refractivity contribution is 5.79. The Hall–Kier alpha value is -1.55. The van der Waals surface area contributed by atoms with Gasteiger partial charge in [-0.15, -0.1) is 0 Å². The number of phenols is 1. The molecule has 0 saturated carbocycles. The summed E-state index contributed by atoms with van der Waals surface area (Å²) in [6, 6.07) is 5.19. The maximum atomic E-state index is 11.1. The largest absolute Gasteiger partial charge is 0.508 e. The average Bonchev–Trinajstić information content (AvgIpc) is 2.29. The minimum absolute atomic E-state index is 0.105. The van der Waals surface area contributed by atoms with E-state index in [2.05, 4.69) is 5.32 Å². The Labute approximate surface area is 101 Å². The maximum Gasteiger partial charge on any atom is 0.234 e. The summed E-state index contributed by atoms with van der Waals surface area (Å²) in [6.45, 7) is 1.76. The van der Waals surface area contributed by atoms with E-state index in [0.29, 0.717) is 0 Å². The average molecular weight is 234 g/mol. The van der Waals surface area contributed by atoms with Gasteiger partial charge in [0.1, 0.15) is 5.75 Å². The summed E-state index contributed by atoms with van der Waals surface area (Å²) < 4.78 is 0. The van der Waals surface area contributed by atoms with Crippen LogP contribution in [0.25, 0.3) is 0 Å². The number of rotatable bonds is 3. The summed E-state index contributed by atoms with van der Waals surface area (Å²) in [7, 11) is 0. The van der Waals surface area contributed by atoms with Gasteiger partial charge >= 0.3 is 0 Å². The van der Waals surface area contributed by atoms with E-state index in [1.54, 1.807) is 19.1 Å². The number of primary amides is 1. The number of aryl methyl sites for hydroxylation is 1. The van der Waals surface area contributed by atoms with Crippen molar-refractivity contribution >= 4 is 5.91 Å². The van der Waals surface area contributed by atoms with Gasteiger partial charge in [-0.25, -0.2) is 0 Å². The normalized spacial score (nSPS) is 20.6. The zero-order valence-corrected chi connectivity index (χ0v) is 9.94. The molecular formula is C13H18N2O2. The summed E-state index contributed by atoms with van der Waals surface area (Å²) in [5.74, 6) is -0.0820. The summed E-state index contributed by atoms with van der Waals surface area (Å²) in [5.41, 5.74) is 7.58. The molecule has 0 radical (unpaired) electrons. The minimum atomic E-state index is -0.353. The summed E-state index contributed by atoms with van der Waals surface area (Å²) in [6.07, 6.45) is 3.08. The standard InChI is InChI=1S/C13H18N2O2/c1-8(13(14)17)15-12-4-2-3-9-5-6-10(16)7-11(9)12/h5-8,12,15-16H,2-4H2,1H3,(H2,14,17). The van der Waals surface area contributed by atoms with E-state index in [0.717, 1.165) is 24.8 Å². The lowest BCUT2D eigenvalue weighted by Crippen LogP contribution is -2.41. The van der Waals surface area contributed by atoms with E-state index in [4.69, 9.17) is 5.73 Å². The van der Waals surface area contributed by atoms with Gasteiger partial charge in [-0.3, -0.25) is 10.1 Å². The van der Waals surface area contributed by atoms with Crippen molar-refractivity contribution in [1.82, 2.24) is 5.32 Å². The number of hydrogen-bond donors (Lipinski definition) is 3. The number of hydrogen-bond acceptors (Lipinski definition) is 3. The summed E-state index contributed by atoms with van der Waals surface area (Å²) in [5, 5.41) is 12.7. The van der Waals surface area contributed by atoms with Crippen molar-refractivity contribution in [2.75, 3.05) is 0 Å². The van der Waals surface area contributed by atoms with Crippen LogP contribution in [0.4, 0.5) is 0 Å². The molecule has 1 aliphatic rings. The molecule has 4 N–H and O–H groups in total. The van der Waals surface area contributed by atoms with E-state index < -0.39 is 0 Å². The van der Waals surface area contributed by atoms with Crippen LogP contribution in [0, 0.1) is 0 Å². The van der Waals surface area contributed by atoms with Crippen molar-refractivity contribution in [3.63, 3.8) is 0 Å². The molecule has 2 rings (SSSR count).